The van der Waals surface area contributed by atoms with Gasteiger partial charge in [-0.05, 0) is 44.4 Å². The van der Waals surface area contributed by atoms with Crippen LogP contribution in [-0.2, 0) is 6.42 Å². The van der Waals surface area contributed by atoms with Crippen LogP contribution in [0.5, 0.6) is 0 Å². The number of benzene rings is 1. The average molecular weight is 285 g/mol. The molecule has 1 heterocycles. The van der Waals surface area contributed by atoms with E-state index < -0.39 is 0 Å². The summed E-state index contributed by atoms with van der Waals surface area (Å²) in [6.45, 7) is 6.77. The molecule has 0 aliphatic carbocycles. The molecule has 1 amide bonds. The van der Waals surface area contributed by atoms with Crippen LogP contribution in [0.25, 0.3) is 0 Å². The summed E-state index contributed by atoms with van der Waals surface area (Å²) in [4.78, 5) is 12.3. The highest BCUT2D eigenvalue weighted by Crippen LogP contribution is 2.16. The molecule has 0 fully saturated rings. The Labute approximate surface area is 126 Å². The second kappa shape index (κ2) is 6.48. The van der Waals surface area contributed by atoms with Crippen molar-refractivity contribution in [2.75, 3.05) is 12.3 Å². The van der Waals surface area contributed by atoms with Gasteiger partial charge in [-0.1, -0.05) is 24.3 Å². The van der Waals surface area contributed by atoms with Gasteiger partial charge in [0.1, 0.15) is 5.69 Å². The van der Waals surface area contributed by atoms with Crippen LogP contribution in [-0.4, -0.2) is 17.0 Å². The van der Waals surface area contributed by atoms with Crippen LogP contribution >= 0.6 is 0 Å². The number of aromatic nitrogens is 1. The lowest BCUT2D eigenvalue weighted by Crippen LogP contribution is -2.28. The summed E-state index contributed by atoms with van der Waals surface area (Å²) in [6, 6.07) is 10.2. The molecule has 1 aromatic heterocycles. The normalized spacial score (nSPS) is 10.9. The number of amides is 1. The summed E-state index contributed by atoms with van der Waals surface area (Å²) in [7, 11) is 0. The van der Waals surface area contributed by atoms with Gasteiger partial charge in [-0.3, -0.25) is 4.79 Å². The van der Waals surface area contributed by atoms with Gasteiger partial charge in [0.15, 0.2) is 0 Å². The third-order valence-electron chi connectivity index (χ3n) is 3.60. The SMILES string of the molecule is Cc1ccccc1CCNC(=O)c1cc(N)cn1C(C)C. The summed E-state index contributed by atoms with van der Waals surface area (Å²) in [6.07, 6.45) is 2.64. The number of nitrogens with zero attached hydrogens (tertiary/aromatic N) is 1. The summed E-state index contributed by atoms with van der Waals surface area (Å²) in [5, 5.41) is 2.97. The van der Waals surface area contributed by atoms with Crippen molar-refractivity contribution >= 4 is 11.6 Å². The van der Waals surface area contributed by atoms with E-state index in [1.807, 2.05) is 30.5 Å². The molecule has 0 aliphatic rings. The van der Waals surface area contributed by atoms with Gasteiger partial charge < -0.3 is 15.6 Å². The number of carbonyl (C=O) groups excluding carboxylic acids is 1. The van der Waals surface area contributed by atoms with Crippen LogP contribution in [0.2, 0.25) is 0 Å². The van der Waals surface area contributed by atoms with Gasteiger partial charge in [-0.25, -0.2) is 0 Å². The van der Waals surface area contributed by atoms with Crippen molar-refractivity contribution in [3.63, 3.8) is 0 Å². The molecule has 4 heteroatoms. The van der Waals surface area contributed by atoms with Gasteiger partial charge in [0.25, 0.3) is 5.91 Å². The monoisotopic (exact) mass is 285 g/mol. The quantitative estimate of drug-likeness (QED) is 0.887. The molecule has 3 N–H and O–H groups in total. The van der Waals surface area contributed by atoms with E-state index in [0.29, 0.717) is 17.9 Å². The Balaban J connectivity index is 1.98. The van der Waals surface area contributed by atoms with Crippen molar-refractivity contribution < 1.29 is 4.79 Å². The van der Waals surface area contributed by atoms with Crippen molar-refractivity contribution in [3.8, 4) is 0 Å². The molecule has 0 saturated carbocycles. The number of hydrogen-bond acceptors (Lipinski definition) is 2. The zero-order chi connectivity index (χ0) is 15.4. The van der Waals surface area contributed by atoms with Crippen LogP contribution in [0.3, 0.4) is 0 Å². The van der Waals surface area contributed by atoms with Crippen LogP contribution in [0.4, 0.5) is 5.69 Å². The molecular weight excluding hydrogens is 262 g/mol. The standard InChI is InChI=1S/C17H23N3O/c1-12(2)20-11-15(18)10-16(20)17(21)19-9-8-14-7-5-4-6-13(14)3/h4-7,10-12H,8-9,18H2,1-3H3,(H,19,21). The maximum absolute atomic E-state index is 12.3. The van der Waals surface area contributed by atoms with E-state index in [9.17, 15) is 4.79 Å². The molecule has 0 bridgehead atoms. The second-order valence-electron chi connectivity index (χ2n) is 5.59. The van der Waals surface area contributed by atoms with Gasteiger partial charge in [0.2, 0.25) is 0 Å². The van der Waals surface area contributed by atoms with E-state index in [1.54, 1.807) is 12.3 Å². The molecule has 0 aliphatic heterocycles. The first kappa shape index (κ1) is 15.2. The van der Waals surface area contributed by atoms with Gasteiger partial charge in [0, 0.05) is 18.8 Å². The summed E-state index contributed by atoms with van der Waals surface area (Å²) < 4.78 is 1.90. The highest BCUT2D eigenvalue weighted by molar-refractivity contribution is 5.93. The van der Waals surface area contributed by atoms with E-state index in [-0.39, 0.29) is 11.9 Å². The first-order valence-corrected chi connectivity index (χ1v) is 7.29. The summed E-state index contributed by atoms with van der Waals surface area (Å²) in [5.41, 5.74) is 9.54. The fraction of sp³-hybridized carbons (Fsp3) is 0.353. The van der Waals surface area contributed by atoms with Crippen molar-refractivity contribution in [3.05, 3.63) is 53.3 Å². The molecule has 112 valence electrons. The van der Waals surface area contributed by atoms with Crippen molar-refractivity contribution in [2.45, 2.75) is 33.2 Å². The van der Waals surface area contributed by atoms with E-state index in [0.717, 1.165) is 6.42 Å². The Kier molecular flexibility index (Phi) is 4.68. The lowest BCUT2D eigenvalue weighted by molar-refractivity contribution is 0.0943. The molecule has 0 radical (unpaired) electrons. The molecular formula is C17H23N3O. The lowest BCUT2D eigenvalue weighted by Gasteiger charge is -2.13. The minimum absolute atomic E-state index is 0.0750. The molecule has 2 rings (SSSR count). The number of nitrogen functional groups attached to an aromatic ring is 1. The summed E-state index contributed by atoms with van der Waals surface area (Å²) >= 11 is 0. The zero-order valence-electron chi connectivity index (χ0n) is 12.9. The predicted octanol–water partition coefficient (Wildman–Crippen LogP) is 2.93. The Morgan fingerprint density at radius 1 is 1.33 bits per heavy atom. The number of aryl methyl sites for hydroxylation is 1. The van der Waals surface area contributed by atoms with Crippen LogP contribution < -0.4 is 11.1 Å². The van der Waals surface area contributed by atoms with E-state index in [2.05, 4.69) is 24.4 Å². The molecule has 2 aromatic rings. The van der Waals surface area contributed by atoms with Crippen LogP contribution in [0.1, 0.15) is 41.5 Å². The zero-order valence-corrected chi connectivity index (χ0v) is 12.9. The maximum atomic E-state index is 12.3. The molecule has 0 atom stereocenters. The van der Waals surface area contributed by atoms with Crippen molar-refractivity contribution in [2.24, 2.45) is 0 Å². The average Bonchev–Trinajstić information content (AvgIpc) is 2.83. The second-order valence-corrected chi connectivity index (χ2v) is 5.59. The molecule has 21 heavy (non-hydrogen) atoms. The lowest BCUT2D eigenvalue weighted by atomic mass is 10.1. The summed E-state index contributed by atoms with van der Waals surface area (Å²) in [5.74, 6) is -0.0750. The van der Waals surface area contributed by atoms with E-state index in [1.165, 1.54) is 11.1 Å². The highest BCUT2D eigenvalue weighted by atomic mass is 16.1. The Hall–Kier alpha value is -2.23. The molecule has 0 saturated heterocycles. The third kappa shape index (κ3) is 3.66. The number of rotatable bonds is 5. The van der Waals surface area contributed by atoms with Gasteiger partial charge >= 0.3 is 0 Å². The van der Waals surface area contributed by atoms with Gasteiger partial charge in [-0.15, -0.1) is 0 Å². The molecule has 1 aromatic carbocycles. The highest BCUT2D eigenvalue weighted by Gasteiger charge is 2.14. The number of nitrogens with one attached hydrogen (secondary N) is 1. The van der Waals surface area contributed by atoms with E-state index >= 15 is 0 Å². The number of nitrogens with two attached hydrogens (primary N) is 1. The molecule has 4 nitrogen and oxygen atoms in total. The maximum Gasteiger partial charge on any atom is 0.268 e. The number of carbonyl (C=O) groups is 1. The topological polar surface area (TPSA) is 60.1 Å². The number of hydrogen-bond donors (Lipinski definition) is 2. The Morgan fingerprint density at radius 3 is 2.71 bits per heavy atom. The third-order valence-corrected chi connectivity index (χ3v) is 3.60. The van der Waals surface area contributed by atoms with Gasteiger partial charge in [0.05, 0.1) is 5.69 Å². The minimum Gasteiger partial charge on any atom is -0.397 e. The van der Waals surface area contributed by atoms with Crippen molar-refractivity contribution in [1.29, 1.82) is 0 Å². The molecule has 0 spiro atoms. The predicted molar refractivity (Wildman–Crippen MR) is 86.4 cm³/mol. The molecule has 0 unspecified atom stereocenters. The first-order valence-electron chi connectivity index (χ1n) is 7.29. The van der Waals surface area contributed by atoms with Crippen LogP contribution in [0.15, 0.2) is 36.5 Å². The van der Waals surface area contributed by atoms with Crippen LogP contribution in [0, 0.1) is 6.92 Å². The fourth-order valence-corrected chi connectivity index (χ4v) is 2.40. The smallest absolute Gasteiger partial charge is 0.268 e. The Morgan fingerprint density at radius 2 is 2.05 bits per heavy atom. The Bertz CT molecular complexity index is 629. The number of anilines is 1. The van der Waals surface area contributed by atoms with Gasteiger partial charge in [-0.2, -0.15) is 0 Å². The largest absolute Gasteiger partial charge is 0.397 e. The fourth-order valence-electron chi connectivity index (χ4n) is 2.40. The minimum atomic E-state index is -0.0750. The van der Waals surface area contributed by atoms with Crippen molar-refractivity contribution in [1.82, 2.24) is 9.88 Å². The van der Waals surface area contributed by atoms with E-state index in [4.69, 9.17) is 5.73 Å². The first-order chi connectivity index (χ1) is 9.99.